The van der Waals surface area contributed by atoms with E-state index in [0.717, 1.165) is 28.0 Å². The van der Waals surface area contributed by atoms with Crippen LogP contribution in [-0.2, 0) is 0 Å². The Morgan fingerprint density at radius 3 is 2.54 bits per heavy atom. The first kappa shape index (κ1) is 16.2. The molecule has 0 fully saturated rings. The van der Waals surface area contributed by atoms with E-state index < -0.39 is 0 Å². The number of nitrogens with one attached hydrogen (secondary N) is 1. The summed E-state index contributed by atoms with van der Waals surface area (Å²) in [5.74, 6) is 1.70. The third-order valence-electron chi connectivity index (χ3n) is 4.32. The zero-order valence-corrected chi connectivity index (χ0v) is 14.4. The summed E-state index contributed by atoms with van der Waals surface area (Å²) in [5, 5.41) is 14.8. The lowest BCUT2D eigenvalue weighted by molar-refractivity contribution is 0.354. The fraction of sp³-hybridized carbons (Fsp3) is 0.316. The molecule has 0 aliphatic carbocycles. The predicted octanol–water partition coefficient (Wildman–Crippen LogP) is 3.46. The van der Waals surface area contributed by atoms with Gasteiger partial charge in [0.1, 0.15) is 5.75 Å². The second-order valence-electron chi connectivity index (χ2n) is 6.04. The molecule has 5 nitrogen and oxygen atoms in total. The minimum absolute atomic E-state index is 0.0417. The van der Waals surface area contributed by atoms with Crippen molar-refractivity contribution in [3.05, 3.63) is 52.6 Å². The lowest BCUT2D eigenvalue weighted by atomic mass is 9.96. The van der Waals surface area contributed by atoms with Gasteiger partial charge in [-0.25, -0.2) is 0 Å². The van der Waals surface area contributed by atoms with Crippen LogP contribution >= 0.6 is 0 Å². The molecule has 2 aromatic carbocycles. The SMILES string of the molecule is COc1ccc(C2CC(c3cc(C)cc(C)c3O)=NN2)cc1OC. The Morgan fingerprint density at radius 1 is 1.08 bits per heavy atom. The number of methoxy groups -OCH3 is 2. The van der Waals surface area contributed by atoms with Crippen LogP contribution in [0.3, 0.4) is 0 Å². The van der Waals surface area contributed by atoms with Crippen molar-refractivity contribution in [2.24, 2.45) is 5.10 Å². The Labute approximate surface area is 141 Å². The normalized spacial score (nSPS) is 16.5. The van der Waals surface area contributed by atoms with Crippen LogP contribution in [0.1, 0.15) is 34.7 Å². The van der Waals surface area contributed by atoms with E-state index >= 15 is 0 Å². The van der Waals surface area contributed by atoms with Crippen molar-refractivity contribution in [3.8, 4) is 17.2 Å². The predicted molar refractivity (Wildman–Crippen MR) is 94.2 cm³/mol. The Morgan fingerprint density at radius 2 is 1.83 bits per heavy atom. The highest BCUT2D eigenvalue weighted by Crippen LogP contribution is 2.34. The zero-order valence-electron chi connectivity index (χ0n) is 14.4. The monoisotopic (exact) mass is 326 g/mol. The molecule has 0 radical (unpaired) electrons. The van der Waals surface area contributed by atoms with Gasteiger partial charge in [0.05, 0.1) is 26.0 Å². The van der Waals surface area contributed by atoms with E-state index in [1.165, 1.54) is 0 Å². The molecule has 0 amide bonds. The fourth-order valence-corrected chi connectivity index (χ4v) is 3.05. The molecule has 126 valence electrons. The lowest BCUT2D eigenvalue weighted by Gasteiger charge is -2.14. The largest absolute Gasteiger partial charge is 0.507 e. The summed E-state index contributed by atoms with van der Waals surface area (Å²) in [6, 6.07) is 9.82. The standard InChI is InChI=1S/C19H22N2O3/c1-11-7-12(2)19(22)14(8-11)16-10-15(20-21-16)13-5-6-17(23-3)18(9-13)24-4/h5-9,15,20,22H,10H2,1-4H3. The molecule has 0 spiro atoms. The number of phenols is 1. The lowest BCUT2D eigenvalue weighted by Crippen LogP contribution is -2.10. The van der Waals surface area contributed by atoms with E-state index in [4.69, 9.17) is 9.47 Å². The number of aromatic hydroxyl groups is 1. The summed E-state index contributed by atoms with van der Waals surface area (Å²) >= 11 is 0. The molecule has 1 atom stereocenters. The number of hydrogen-bond acceptors (Lipinski definition) is 5. The smallest absolute Gasteiger partial charge is 0.161 e. The first-order valence-corrected chi connectivity index (χ1v) is 7.88. The molecule has 0 bridgehead atoms. The van der Waals surface area contributed by atoms with E-state index in [1.54, 1.807) is 14.2 Å². The molecule has 2 N–H and O–H groups in total. The van der Waals surface area contributed by atoms with Gasteiger partial charge in [0.25, 0.3) is 0 Å². The number of hydrazone groups is 1. The number of benzene rings is 2. The van der Waals surface area contributed by atoms with Gasteiger partial charge in [-0.1, -0.05) is 12.1 Å². The molecule has 1 aliphatic rings. The molecular formula is C19H22N2O3. The molecule has 3 rings (SSSR count). The number of aryl methyl sites for hydroxylation is 2. The van der Waals surface area contributed by atoms with Crippen LogP contribution < -0.4 is 14.9 Å². The molecule has 1 aliphatic heterocycles. The Balaban J connectivity index is 1.85. The molecule has 1 unspecified atom stereocenters. The quantitative estimate of drug-likeness (QED) is 0.903. The highest BCUT2D eigenvalue weighted by molar-refractivity contribution is 6.04. The minimum Gasteiger partial charge on any atom is -0.507 e. The van der Waals surface area contributed by atoms with Gasteiger partial charge in [-0.3, -0.25) is 0 Å². The second kappa shape index (κ2) is 6.43. The van der Waals surface area contributed by atoms with Crippen LogP contribution in [-0.4, -0.2) is 25.0 Å². The average molecular weight is 326 g/mol. The number of hydrogen-bond donors (Lipinski definition) is 2. The van der Waals surface area contributed by atoms with E-state index in [-0.39, 0.29) is 6.04 Å². The average Bonchev–Trinajstić information content (AvgIpc) is 3.07. The summed E-state index contributed by atoms with van der Waals surface area (Å²) < 4.78 is 10.6. The molecular weight excluding hydrogens is 304 g/mol. The van der Waals surface area contributed by atoms with Gasteiger partial charge in [-0.2, -0.15) is 5.10 Å². The molecule has 24 heavy (non-hydrogen) atoms. The van der Waals surface area contributed by atoms with Crippen molar-refractivity contribution in [1.82, 2.24) is 5.43 Å². The number of ether oxygens (including phenoxy) is 2. The fourth-order valence-electron chi connectivity index (χ4n) is 3.05. The Hall–Kier alpha value is -2.69. The van der Waals surface area contributed by atoms with Gasteiger partial charge in [0.15, 0.2) is 11.5 Å². The molecule has 0 aromatic heterocycles. The summed E-state index contributed by atoms with van der Waals surface area (Å²) in [5.41, 5.74) is 7.85. The van der Waals surface area contributed by atoms with Gasteiger partial charge in [0.2, 0.25) is 0 Å². The molecule has 5 heteroatoms. The number of phenolic OH excluding ortho intramolecular Hbond substituents is 1. The molecule has 0 saturated heterocycles. The van der Waals surface area contributed by atoms with Crippen LogP contribution in [0.5, 0.6) is 17.2 Å². The van der Waals surface area contributed by atoms with Crippen LogP contribution in [0.15, 0.2) is 35.4 Å². The maximum absolute atomic E-state index is 10.3. The topological polar surface area (TPSA) is 63.1 Å². The van der Waals surface area contributed by atoms with E-state index in [0.29, 0.717) is 23.7 Å². The van der Waals surface area contributed by atoms with Gasteiger partial charge in [-0.15, -0.1) is 0 Å². The molecule has 0 saturated carbocycles. The van der Waals surface area contributed by atoms with Crippen LogP contribution in [0.4, 0.5) is 0 Å². The minimum atomic E-state index is 0.0417. The highest BCUT2D eigenvalue weighted by atomic mass is 16.5. The van der Waals surface area contributed by atoms with Crippen LogP contribution in [0.2, 0.25) is 0 Å². The molecule has 1 heterocycles. The maximum Gasteiger partial charge on any atom is 0.161 e. The van der Waals surface area contributed by atoms with Crippen LogP contribution in [0.25, 0.3) is 0 Å². The number of rotatable bonds is 4. The van der Waals surface area contributed by atoms with Gasteiger partial charge < -0.3 is 20.0 Å². The van der Waals surface area contributed by atoms with Crippen molar-refractivity contribution in [2.75, 3.05) is 14.2 Å². The van der Waals surface area contributed by atoms with Crippen molar-refractivity contribution in [3.63, 3.8) is 0 Å². The first-order chi connectivity index (χ1) is 11.5. The summed E-state index contributed by atoms with van der Waals surface area (Å²) in [4.78, 5) is 0. The first-order valence-electron chi connectivity index (χ1n) is 7.88. The van der Waals surface area contributed by atoms with E-state index in [1.807, 2.05) is 44.2 Å². The third kappa shape index (κ3) is 2.89. The Kier molecular flexibility index (Phi) is 4.34. The number of nitrogens with zero attached hydrogens (tertiary/aromatic N) is 1. The Bertz CT molecular complexity index is 799. The summed E-state index contributed by atoms with van der Waals surface area (Å²) in [7, 11) is 3.24. The van der Waals surface area contributed by atoms with Crippen molar-refractivity contribution in [1.29, 1.82) is 0 Å². The molecule has 2 aromatic rings. The van der Waals surface area contributed by atoms with Crippen molar-refractivity contribution < 1.29 is 14.6 Å². The highest BCUT2D eigenvalue weighted by Gasteiger charge is 2.24. The third-order valence-corrected chi connectivity index (χ3v) is 4.32. The summed E-state index contributed by atoms with van der Waals surface area (Å²) in [6.07, 6.45) is 0.700. The zero-order chi connectivity index (χ0) is 17.3. The van der Waals surface area contributed by atoms with Gasteiger partial charge >= 0.3 is 0 Å². The van der Waals surface area contributed by atoms with Gasteiger partial charge in [0, 0.05) is 12.0 Å². The second-order valence-corrected chi connectivity index (χ2v) is 6.04. The maximum atomic E-state index is 10.3. The van der Waals surface area contributed by atoms with Crippen molar-refractivity contribution in [2.45, 2.75) is 26.3 Å². The summed E-state index contributed by atoms with van der Waals surface area (Å²) in [6.45, 7) is 3.92. The van der Waals surface area contributed by atoms with Crippen LogP contribution in [0, 0.1) is 13.8 Å². The van der Waals surface area contributed by atoms with E-state index in [2.05, 4.69) is 10.5 Å². The van der Waals surface area contributed by atoms with Crippen molar-refractivity contribution >= 4 is 5.71 Å². The van der Waals surface area contributed by atoms with E-state index in [9.17, 15) is 5.11 Å². The van der Waals surface area contributed by atoms with Gasteiger partial charge in [-0.05, 0) is 48.7 Å².